The number of carbonyl (C=O) groups is 1. The molecular weight excluding hydrogens is 242 g/mol. The average molecular weight is 265 g/mol. The van der Waals surface area contributed by atoms with Crippen molar-refractivity contribution < 1.29 is 4.79 Å². The maximum atomic E-state index is 12.4. The third-order valence-electron chi connectivity index (χ3n) is 4.07. The SMILES string of the molecule is CC(C)C1(C(=O)NCCCn2ccnn2)CCNC1. The van der Waals surface area contributed by atoms with Crippen molar-refractivity contribution in [2.45, 2.75) is 33.2 Å². The summed E-state index contributed by atoms with van der Waals surface area (Å²) in [6.07, 6.45) is 5.30. The third kappa shape index (κ3) is 3.12. The predicted molar refractivity (Wildman–Crippen MR) is 72.4 cm³/mol. The Labute approximate surface area is 113 Å². The van der Waals surface area contributed by atoms with Crippen LogP contribution < -0.4 is 10.6 Å². The highest BCUT2D eigenvalue weighted by atomic mass is 16.2. The van der Waals surface area contributed by atoms with Crippen molar-refractivity contribution in [3.63, 3.8) is 0 Å². The van der Waals surface area contributed by atoms with Crippen LogP contribution in [0.15, 0.2) is 12.4 Å². The molecule has 1 amide bonds. The number of nitrogens with one attached hydrogen (secondary N) is 2. The molecule has 0 aromatic carbocycles. The van der Waals surface area contributed by atoms with E-state index in [0.717, 1.165) is 32.5 Å². The standard InChI is InChI=1S/C13H23N5O/c1-11(2)13(4-6-14-10-13)12(19)15-5-3-8-18-9-7-16-17-18/h7,9,11,14H,3-6,8,10H2,1-2H3,(H,15,19). The van der Waals surface area contributed by atoms with Crippen molar-refractivity contribution >= 4 is 5.91 Å². The number of hydrogen-bond donors (Lipinski definition) is 2. The van der Waals surface area contributed by atoms with Crippen LogP contribution in [0.5, 0.6) is 0 Å². The number of aromatic nitrogens is 3. The maximum absolute atomic E-state index is 12.4. The van der Waals surface area contributed by atoms with Gasteiger partial charge in [0, 0.05) is 25.8 Å². The molecule has 1 atom stereocenters. The first-order chi connectivity index (χ1) is 9.15. The summed E-state index contributed by atoms with van der Waals surface area (Å²) in [6.45, 7) is 7.45. The Morgan fingerprint density at radius 3 is 3.00 bits per heavy atom. The zero-order chi connectivity index (χ0) is 13.7. The molecule has 1 aromatic heterocycles. The smallest absolute Gasteiger partial charge is 0.227 e. The van der Waals surface area contributed by atoms with Gasteiger partial charge in [0.15, 0.2) is 0 Å². The summed E-state index contributed by atoms with van der Waals surface area (Å²) in [7, 11) is 0. The second kappa shape index (κ2) is 6.14. The highest BCUT2D eigenvalue weighted by molar-refractivity contribution is 5.83. The summed E-state index contributed by atoms with van der Waals surface area (Å²) in [4.78, 5) is 12.4. The number of aryl methyl sites for hydroxylation is 1. The molecular formula is C13H23N5O. The first-order valence-electron chi connectivity index (χ1n) is 6.98. The Hall–Kier alpha value is -1.43. The largest absolute Gasteiger partial charge is 0.356 e. The maximum Gasteiger partial charge on any atom is 0.227 e. The van der Waals surface area contributed by atoms with Crippen LogP contribution in [0, 0.1) is 11.3 Å². The van der Waals surface area contributed by atoms with Crippen molar-refractivity contribution in [1.82, 2.24) is 25.6 Å². The lowest BCUT2D eigenvalue weighted by Crippen LogP contribution is -2.46. The zero-order valence-electron chi connectivity index (χ0n) is 11.7. The molecule has 0 saturated carbocycles. The Morgan fingerprint density at radius 2 is 2.42 bits per heavy atom. The van der Waals surface area contributed by atoms with Gasteiger partial charge in [-0.1, -0.05) is 19.1 Å². The van der Waals surface area contributed by atoms with Crippen LogP contribution in [0.1, 0.15) is 26.7 Å². The van der Waals surface area contributed by atoms with Gasteiger partial charge in [-0.3, -0.25) is 9.48 Å². The Bertz CT molecular complexity index is 395. The monoisotopic (exact) mass is 265 g/mol. The van der Waals surface area contributed by atoms with E-state index in [2.05, 4.69) is 34.8 Å². The molecule has 1 fully saturated rings. The van der Waals surface area contributed by atoms with Gasteiger partial charge in [-0.15, -0.1) is 5.10 Å². The molecule has 1 saturated heterocycles. The van der Waals surface area contributed by atoms with Gasteiger partial charge >= 0.3 is 0 Å². The number of hydrogen-bond acceptors (Lipinski definition) is 4. The minimum atomic E-state index is -0.229. The molecule has 106 valence electrons. The molecule has 1 unspecified atom stereocenters. The molecule has 1 aliphatic heterocycles. The minimum absolute atomic E-state index is 0.186. The summed E-state index contributed by atoms with van der Waals surface area (Å²) in [5.74, 6) is 0.545. The zero-order valence-corrected chi connectivity index (χ0v) is 11.7. The van der Waals surface area contributed by atoms with E-state index in [-0.39, 0.29) is 11.3 Å². The van der Waals surface area contributed by atoms with Crippen LogP contribution in [0.4, 0.5) is 0 Å². The number of amides is 1. The van der Waals surface area contributed by atoms with Crippen molar-refractivity contribution in [3.8, 4) is 0 Å². The topological polar surface area (TPSA) is 71.8 Å². The van der Waals surface area contributed by atoms with Gasteiger partial charge in [-0.05, 0) is 25.3 Å². The van der Waals surface area contributed by atoms with Crippen LogP contribution in [0.3, 0.4) is 0 Å². The normalized spacial score (nSPS) is 22.9. The van der Waals surface area contributed by atoms with Gasteiger partial charge < -0.3 is 10.6 Å². The molecule has 0 bridgehead atoms. The second-order valence-electron chi connectivity index (χ2n) is 5.51. The first-order valence-corrected chi connectivity index (χ1v) is 6.98. The summed E-state index contributed by atoms with van der Waals surface area (Å²) < 4.78 is 1.78. The fourth-order valence-electron chi connectivity index (χ4n) is 2.63. The lowest BCUT2D eigenvalue weighted by Gasteiger charge is -2.31. The quantitative estimate of drug-likeness (QED) is 0.731. The molecule has 19 heavy (non-hydrogen) atoms. The van der Waals surface area contributed by atoms with E-state index in [1.165, 1.54) is 0 Å². The average Bonchev–Trinajstić information content (AvgIpc) is 3.05. The molecule has 0 radical (unpaired) electrons. The third-order valence-corrected chi connectivity index (χ3v) is 4.07. The molecule has 0 spiro atoms. The lowest BCUT2D eigenvalue weighted by atomic mass is 9.75. The summed E-state index contributed by atoms with van der Waals surface area (Å²) in [5.41, 5.74) is -0.229. The fraction of sp³-hybridized carbons (Fsp3) is 0.769. The van der Waals surface area contributed by atoms with E-state index in [1.807, 2.05) is 6.20 Å². The van der Waals surface area contributed by atoms with Gasteiger partial charge in [0.05, 0.1) is 11.6 Å². The van der Waals surface area contributed by atoms with E-state index in [9.17, 15) is 4.79 Å². The van der Waals surface area contributed by atoms with Crippen LogP contribution >= 0.6 is 0 Å². The molecule has 2 N–H and O–H groups in total. The molecule has 2 heterocycles. The summed E-state index contributed by atoms with van der Waals surface area (Å²) in [6, 6.07) is 0. The van der Waals surface area contributed by atoms with Gasteiger partial charge in [-0.2, -0.15) is 0 Å². The molecule has 2 rings (SSSR count). The van der Waals surface area contributed by atoms with E-state index in [4.69, 9.17) is 0 Å². The summed E-state index contributed by atoms with van der Waals surface area (Å²) in [5, 5.41) is 14.0. The number of nitrogens with zero attached hydrogens (tertiary/aromatic N) is 3. The van der Waals surface area contributed by atoms with Gasteiger partial charge in [-0.25, -0.2) is 0 Å². The van der Waals surface area contributed by atoms with E-state index in [1.54, 1.807) is 10.9 Å². The van der Waals surface area contributed by atoms with Crippen LogP contribution in [0.25, 0.3) is 0 Å². The summed E-state index contributed by atoms with van der Waals surface area (Å²) >= 11 is 0. The minimum Gasteiger partial charge on any atom is -0.356 e. The Balaban J connectivity index is 1.77. The number of carbonyl (C=O) groups excluding carboxylic acids is 1. The van der Waals surface area contributed by atoms with E-state index >= 15 is 0 Å². The highest BCUT2D eigenvalue weighted by Crippen LogP contribution is 2.34. The van der Waals surface area contributed by atoms with E-state index < -0.39 is 0 Å². The molecule has 1 aromatic rings. The Morgan fingerprint density at radius 1 is 1.58 bits per heavy atom. The fourth-order valence-corrected chi connectivity index (χ4v) is 2.63. The second-order valence-corrected chi connectivity index (χ2v) is 5.51. The van der Waals surface area contributed by atoms with Gasteiger partial charge in [0.25, 0.3) is 0 Å². The van der Waals surface area contributed by atoms with Crippen molar-refractivity contribution in [1.29, 1.82) is 0 Å². The van der Waals surface area contributed by atoms with Crippen molar-refractivity contribution in [2.24, 2.45) is 11.3 Å². The van der Waals surface area contributed by atoms with Gasteiger partial charge in [0.2, 0.25) is 5.91 Å². The highest BCUT2D eigenvalue weighted by Gasteiger charge is 2.43. The molecule has 6 heteroatoms. The van der Waals surface area contributed by atoms with Crippen LogP contribution in [0.2, 0.25) is 0 Å². The van der Waals surface area contributed by atoms with Crippen LogP contribution in [-0.4, -0.2) is 40.5 Å². The molecule has 1 aliphatic rings. The lowest BCUT2D eigenvalue weighted by molar-refractivity contribution is -0.132. The first kappa shape index (κ1) is 14.0. The van der Waals surface area contributed by atoms with Crippen LogP contribution in [-0.2, 0) is 11.3 Å². The molecule has 6 nitrogen and oxygen atoms in total. The number of rotatable bonds is 6. The predicted octanol–water partition coefficient (Wildman–Crippen LogP) is 0.420. The van der Waals surface area contributed by atoms with Crippen molar-refractivity contribution in [2.75, 3.05) is 19.6 Å². The Kier molecular flexibility index (Phi) is 4.52. The van der Waals surface area contributed by atoms with Gasteiger partial charge in [0.1, 0.15) is 0 Å². The van der Waals surface area contributed by atoms with Crippen molar-refractivity contribution in [3.05, 3.63) is 12.4 Å². The molecule has 0 aliphatic carbocycles. The van der Waals surface area contributed by atoms with E-state index in [0.29, 0.717) is 12.5 Å².